The monoisotopic (exact) mass is 378 g/mol. The van der Waals surface area contributed by atoms with Gasteiger partial charge < -0.3 is 10.6 Å². The first kappa shape index (κ1) is 18.0. The zero-order chi connectivity index (χ0) is 17.6. The van der Waals surface area contributed by atoms with E-state index in [1.54, 1.807) is 18.3 Å². The Hall–Kier alpha value is -1.85. The number of aromatic nitrogens is 2. The Labute approximate surface area is 157 Å². The van der Waals surface area contributed by atoms with E-state index >= 15 is 0 Å². The third-order valence-corrected chi connectivity index (χ3v) is 4.86. The lowest BCUT2D eigenvalue weighted by molar-refractivity contribution is 0.0933. The molecule has 0 atom stereocenters. The van der Waals surface area contributed by atoms with Gasteiger partial charge in [-0.1, -0.05) is 42.1 Å². The summed E-state index contributed by atoms with van der Waals surface area (Å²) < 4.78 is 0. The summed E-state index contributed by atoms with van der Waals surface area (Å²) in [6.45, 7) is 0.606. The van der Waals surface area contributed by atoms with Gasteiger partial charge in [0.25, 0.3) is 5.91 Å². The lowest BCUT2D eigenvalue weighted by Gasteiger charge is -2.12. The number of halogens is 2. The molecule has 132 valence electrons. The predicted octanol–water partition coefficient (Wildman–Crippen LogP) is 4.11. The van der Waals surface area contributed by atoms with Crippen molar-refractivity contribution in [3.05, 3.63) is 51.8 Å². The number of anilines is 1. The number of nitrogens with zero attached hydrogens (tertiary/aromatic N) is 2. The molecule has 25 heavy (non-hydrogen) atoms. The van der Waals surface area contributed by atoms with Crippen LogP contribution >= 0.6 is 23.2 Å². The zero-order valence-corrected chi connectivity index (χ0v) is 15.3. The number of hydrogen-bond donors (Lipinski definition) is 2. The first-order chi connectivity index (χ1) is 12.1. The van der Waals surface area contributed by atoms with Crippen molar-refractivity contribution >= 4 is 35.1 Å². The second-order valence-corrected chi connectivity index (χ2v) is 6.98. The van der Waals surface area contributed by atoms with Gasteiger partial charge >= 0.3 is 0 Å². The molecule has 3 rings (SSSR count). The highest BCUT2D eigenvalue weighted by atomic mass is 35.5. The smallest absolute Gasteiger partial charge is 0.270 e. The molecule has 1 fully saturated rings. The lowest BCUT2D eigenvalue weighted by atomic mass is 10.1. The molecule has 0 bridgehead atoms. The first-order valence-corrected chi connectivity index (χ1v) is 9.19. The Morgan fingerprint density at radius 3 is 2.76 bits per heavy atom. The second kappa shape index (κ2) is 8.50. The number of carbonyl (C=O) groups is 1. The van der Waals surface area contributed by atoms with Crippen molar-refractivity contribution in [1.82, 2.24) is 15.3 Å². The highest BCUT2D eigenvalue weighted by molar-refractivity contribution is 6.35. The molecular formula is C18H20Cl2N4O. The summed E-state index contributed by atoms with van der Waals surface area (Å²) in [5, 5.41) is 7.42. The van der Waals surface area contributed by atoms with Crippen LogP contribution in [0.25, 0.3) is 0 Å². The lowest BCUT2D eigenvalue weighted by Crippen LogP contribution is -2.33. The number of benzene rings is 1. The van der Waals surface area contributed by atoms with Crippen molar-refractivity contribution in [3.63, 3.8) is 0 Å². The van der Waals surface area contributed by atoms with Crippen molar-refractivity contribution in [3.8, 4) is 0 Å². The fourth-order valence-electron chi connectivity index (χ4n) is 2.93. The van der Waals surface area contributed by atoms with Gasteiger partial charge in [0.05, 0.1) is 0 Å². The standard InChI is InChI=1S/C18H20Cl2N4O/c19-13-6-5-12(15(20)11-13)7-9-21-18-22-10-8-16(24-18)17(25)23-14-3-1-2-4-14/h5-6,8,10-11,14H,1-4,7,9H2,(H,23,25)(H,21,22,24). The Morgan fingerprint density at radius 2 is 2.00 bits per heavy atom. The minimum atomic E-state index is -0.141. The number of rotatable bonds is 6. The molecule has 1 aliphatic carbocycles. The van der Waals surface area contributed by atoms with Gasteiger partial charge in [0, 0.05) is 28.8 Å². The van der Waals surface area contributed by atoms with Crippen LogP contribution < -0.4 is 10.6 Å². The topological polar surface area (TPSA) is 66.9 Å². The Bertz CT molecular complexity index is 748. The highest BCUT2D eigenvalue weighted by Gasteiger charge is 2.18. The summed E-state index contributed by atoms with van der Waals surface area (Å²) >= 11 is 12.1. The molecule has 0 radical (unpaired) electrons. The maximum Gasteiger partial charge on any atom is 0.270 e. The summed E-state index contributed by atoms with van der Waals surface area (Å²) in [5.74, 6) is 0.294. The molecule has 0 unspecified atom stereocenters. The van der Waals surface area contributed by atoms with E-state index < -0.39 is 0 Å². The number of nitrogens with one attached hydrogen (secondary N) is 2. The molecular weight excluding hydrogens is 359 g/mol. The van der Waals surface area contributed by atoms with E-state index in [9.17, 15) is 4.79 Å². The van der Waals surface area contributed by atoms with E-state index in [0.717, 1.165) is 18.4 Å². The number of amides is 1. The molecule has 1 saturated carbocycles. The molecule has 1 aliphatic rings. The molecule has 1 aromatic heterocycles. The highest BCUT2D eigenvalue weighted by Crippen LogP contribution is 2.21. The molecule has 1 heterocycles. The van der Waals surface area contributed by atoms with Crippen molar-refractivity contribution in [2.24, 2.45) is 0 Å². The molecule has 2 aromatic rings. The van der Waals surface area contributed by atoms with Crippen molar-refractivity contribution in [1.29, 1.82) is 0 Å². The largest absolute Gasteiger partial charge is 0.354 e. The van der Waals surface area contributed by atoms with E-state index in [-0.39, 0.29) is 11.9 Å². The van der Waals surface area contributed by atoms with Crippen LogP contribution in [0, 0.1) is 0 Å². The third kappa shape index (κ3) is 5.06. The normalized spacial score (nSPS) is 14.5. The van der Waals surface area contributed by atoms with Crippen LogP contribution in [0.1, 0.15) is 41.7 Å². The van der Waals surface area contributed by atoms with Gasteiger partial charge in [-0.3, -0.25) is 4.79 Å². The van der Waals surface area contributed by atoms with E-state index in [4.69, 9.17) is 23.2 Å². The molecule has 5 nitrogen and oxygen atoms in total. The van der Waals surface area contributed by atoms with Crippen LogP contribution in [0.3, 0.4) is 0 Å². The summed E-state index contributed by atoms with van der Waals surface area (Å²) in [6, 6.07) is 7.34. The van der Waals surface area contributed by atoms with E-state index in [0.29, 0.717) is 34.7 Å². The maximum atomic E-state index is 12.3. The van der Waals surface area contributed by atoms with Gasteiger partial charge in [-0.05, 0) is 43.0 Å². The van der Waals surface area contributed by atoms with Crippen LogP contribution in [0.2, 0.25) is 10.0 Å². The quantitative estimate of drug-likeness (QED) is 0.793. The summed E-state index contributed by atoms with van der Waals surface area (Å²) in [5.41, 5.74) is 1.38. The SMILES string of the molecule is O=C(NC1CCCC1)c1ccnc(NCCc2ccc(Cl)cc2Cl)n1. The van der Waals surface area contributed by atoms with Crippen molar-refractivity contribution in [2.45, 2.75) is 38.1 Å². The number of carbonyl (C=O) groups excluding carboxylic acids is 1. The fraction of sp³-hybridized carbons (Fsp3) is 0.389. The molecule has 0 saturated heterocycles. The van der Waals surface area contributed by atoms with E-state index in [1.807, 2.05) is 12.1 Å². The average Bonchev–Trinajstić information content (AvgIpc) is 3.10. The van der Waals surface area contributed by atoms with Gasteiger partial charge in [0.15, 0.2) is 0 Å². The Balaban J connectivity index is 1.55. The van der Waals surface area contributed by atoms with Gasteiger partial charge in [-0.15, -0.1) is 0 Å². The summed E-state index contributed by atoms with van der Waals surface area (Å²) in [7, 11) is 0. The van der Waals surface area contributed by atoms with Crippen molar-refractivity contribution in [2.75, 3.05) is 11.9 Å². The van der Waals surface area contributed by atoms with Gasteiger partial charge in [-0.2, -0.15) is 0 Å². The van der Waals surface area contributed by atoms with Crippen LogP contribution in [0.15, 0.2) is 30.5 Å². The van der Waals surface area contributed by atoms with Gasteiger partial charge in [-0.25, -0.2) is 9.97 Å². The predicted molar refractivity (Wildman–Crippen MR) is 100 cm³/mol. The van der Waals surface area contributed by atoms with Crippen LogP contribution in [-0.2, 0) is 6.42 Å². The van der Waals surface area contributed by atoms with Crippen LogP contribution in [-0.4, -0.2) is 28.5 Å². The second-order valence-electron chi connectivity index (χ2n) is 6.13. The Morgan fingerprint density at radius 1 is 1.20 bits per heavy atom. The minimum Gasteiger partial charge on any atom is -0.354 e. The minimum absolute atomic E-state index is 0.141. The molecule has 2 N–H and O–H groups in total. The van der Waals surface area contributed by atoms with E-state index in [2.05, 4.69) is 20.6 Å². The van der Waals surface area contributed by atoms with Crippen molar-refractivity contribution < 1.29 is 4.79 Å². The van der Waals surface area contributed by atoms with Gasteiger partial charge in [0.2, 0.25) is 5.95 Å². The average molecular weight is 379 g/mol. The first-order valence-electron chi connectivity index (χ1n) is 8.43. The van der Waals surface area contributed by atoms with Crippen LogP contribution in [0.4, 0.5) is 5.95 Å². The molecule has 7 heteroatoms. The zero-order valence-electron chi connectivity index (χ0n) is 13.8. The summed E-state index contributed by atoms with van der Waals surface area (Å²) in [6.07, 6.45) is 6.74. The molecule has 0 aliphatic heterocycles. The molecule has 1 aromatic carbocycles. The molecule has 1 amide bonds. The fourth-order valence-corrected chi connectivity index (χ4v) is 3.44. The Kier molecular flexibility index (Phi) is 6.10. The van der Waals surface area contributed by atoms with Crippen LogP contribution in [0.5, 0.6) is 0 Å². The van der Waals surface area contributed by atoms with E-state index in [1.165, 1.54) is 12.8 Å². The molecule has 0 spiro atoms. The summed E-state index contributed by atoms with van der Waals surface area (Å²) in [4.78, 5) is 20.7. The maximum absolute atomic E-state index is 12.3. The third-order valence-electron chi connectivity index (χ3n) is 4.27. The number of hydrogen-bond acceptors (Lipinski definition) is 4. The van der Waals surface area contributed by atoms with Gasteiger partial charge in [0.1, 0.15) is 5.69 Å².